The second-order valence-electron chi connectivity index (χ2n) is 4.00. The molecule has 3 heteroatoms. The van der Waals surface area contributed by atoms with Crippen molar-refractivity contribution < 1.29 is 9.53 Å². The summed E-state index contributed by atoms with van der Waals surface area (Å²) in [5.74, 6) is -0.0673. The quantitative estimate of drug-likeness (QED) is 0.556. The lowest BCUT2D eigenvalue weighted by Gasteiger charge is -2.14. The average molecular weight is 199 g/mol. The van der Waals surface area contributed by atoms with Gasteiger partial charge >= 0.3 is 5.97 Å². The molecule has 0 unspecified atom stereocenters. The maximum atomic E-state index is 11.3. The molecule has 3 nitrogen and oxygen atoms in total. The van der Waals surface area contributed by atoms with E-state index in [0.29, 0.717) is 13.0 Å². The summed E-state index contributed by atoms with van der Waals surface area (Å²) in [5.41, 5.74) is 5.33. The highest BCUT2D eigenvalue weighted by atomic mass is 16.5. The Bertz CT molecular complexity index is 163. The summed E-state index contributed by atoms with van der Waals surface area (Å²) in [4.78, 5) is 11.3. The Balaban J connectivity index is 2.17. The first-order valence-electron chi connectivity index (χ1n) is 5.72. The van der Waals surface area contributed by atoms with Gasteiger partial charge in [0.15, 0.2) is 0 Å². The van der Waals surface area contributed by atoms with Crippen molar-refractivity contribution in [1.29, 1.82) is 0 Å². The second kappa shape index (κ2) is 6.82. The molecule has 2 N–H and O–H groups in total. The van der Waals surface area contributed by atoms with Crippen molar-refractivity contribution in [2.24, 2.45) is 5.73 Å². The molecule has 0 aromatic heterocycles. The number of esters is 1. The van der Waals surface area contributed by atoms with E-state index in [4.69, 9.17) is 10.5 Å². The van der Waals surface area contributed by atoms with Crippen LogP contribution in [0.3, 0.4) is 0 Å². The molecule has 1 rings (SSSR count). The summed E-state index contributed by atoms with van der Waals surface area (Å²) < 4.78 is 5.38. The Kier molecular flexibility index (Phi) is 5.60. The minimum absolute atomic E-state index is 0.0673. The summed E-state index contributed by atoms with van der Waals surface area (Å²) in [5, 5.41) is 0. The fourth-order valence-electron chi connectivity index (χ4n) is 1.85. The lowest BCUT2D eigenvalue weighted by Crippen LogP contribution is -2.18. The predicted octanol–water partition coefficient (Wildman–Crippen LogP) is 1.99. The van der Waals surface area contributed by atoms with Crippen LogP contribution in [0.1, 0.15) is 51.4 Å². The number of ether oxygens (including phenoxy) is 1. The molecule has 0 amide bonds. The molecule has 0 spiro atoms. The maximum Gasteiger partial charge on any atom is 0.306 e. The highest BCUT2D eigenvalue weighted by Gasteiger charge is 2.15. The van der Waals surface area contributed by atoms with Crippen LogP contribution in [-0.4, -0.2) is 18.6 Å². The predicted molar refractivity (Wildman–Crippen MR) is 55.9 cm³/mol. The van der Waals surface area contributed by atoms with Crippen molar-refractivity contribution in [2.45, 2.75) is 57.5 Å². The number of nitrogens with two attached hydrogens (primary N) is 1. The summed E-state index contributed by atoms with van der Waals surface area (Å²) in [7, 11) is 0. The van der Waals surface area contributed by atoms with Crippen LogP contribution in [0.5, 0.6) is 0 Å². The van der Waals surface area contributed by atoms with Gasteiger partial charge in [0.05, 0.1) is 0 Å². The molecule has 0 radical (unpaired) electrons. The van der Waals surface area contributed by atoms with Gasteiger partial charge in [0.1, 0.15) is 6.10 Å². The Morgan fingerprint density at radius 1 is 1.21 bits per heavy atom. The van der Waals surface area contributed by atoms with Gasteiger partial charge in [-0.3, -0.25) is 4.79 Å². The van der Waals surface area contributed by atoms with Crippen molar-refractivity contribution in [3.8, 4) is 0 Å². The van der Waals surface area contributed by atoms with Crippen LogP contribution in [0.2, 0.25) is 0 Å². The molecule has 0 aromatic rings. The summed E-state index contributed by atoms with van der Waals surface area (Å²) >= 11 is 0. The molecule has 0 aromatic carbocycles. The summed E-state index contributed by atoms with van der Waals surface area (Å²) in [6, 6.07) is 0. The molecular formula is C11H21NO2. The van der Waals surface area contributed by atoms with Gasteiger partial charge in [0.25, 0.3) is 0 Å². The number of rotatable bonds is 4. The van der Waals surface area contributed by atoms with Gasteiger partial charge in [-0.25, -0.2) is 0 Å². The maximum absolute atomic E-state index is 11.3. The number of hydrogen-bond acceptors (Lipinski definition) is 3. The van der Waals surface area contributed by atoms with E-state index in [1.165, 1.54) is 25.7 Å². The average Bonchev–Trinajstić information content (AvgIpc) is 2.43. The van der Waals surface area contributed by atoms with Gasteiger partial charge < -0.3 is 10.5 Å². The van der Waals surface area contributed by atoms with Crippen molar-refractivity contribution in [2.75, 3.05) is 6.54 Å². The zero-order valence-electron chi connectivity index (χ0n) is 8.84. The third-order valence-corrected chi connectivity index (χ3v) is 2.69. The molecule has 0 bridgehead atoms. The first kappa shape index (κ1) is 11.5. The van der Waals surface area contributed by atoms with Crippen molar-refractivity contribution in [1.82, 2.24) is 0 Å². The van der Waals surface area contributed by atoms with Gasteiger partial charge in [-0.1, -0.05) is 12.8 Å². The van der Waals surface area contributed by atoms with Crippen LogP contribution < -0.4 is 5.73 Å². The number of carbonyl (C=O) groups is 1. The van der Waals surface area contributed by atoms with Gasteiger partial charge in [0.2, 0.25) is 0 Å². The van der Waals surface area contributed by atoms with E-state index >= 15 is 0 Å². The van der Waals surface area contributed by atoms with Gasteiger partial charge in [0, 0.05) is 6.42 Å². The third-order valence-electron chi connectivity index (χ3n) is 2.69. The highest BCUT2D eigenvalue weighted by molar-refractivity contribution is 5.69. The van der Waals surface area contributed by atoms with Gasteiger partial charge in [-0.05, 0) is 38.6 Å². The zero-order chi connectivity index (χ0) is 10.2. The zero-order valence-corrected chi connectivity index (χ0v) is 8.84. The van der Waals surface area contributed by atoms with E-state index in [0.717, 1.165) is 19.3 Å². The summed E-state index contributed by atoms with van der Waals surface area (Å²) in [6.07, 6.45) is 8.49. The smallest absolute Gasteiger partial charge is 0.306 e. The molecule has 1 aliphatic rings. The third kappa shape index (κ3) is 4.61. The Morgan fingerprint density at radius 3 is 2.43 bits per heavy atom. The van der Waals surface area contributed by atoms with Crippen LogP contribution in [0.25, 0.3) is 0 Å². The minimum atomic E-state index is -0.0673. The topological polar surface area (TPSA) is 52.3 Å². The van der Waals surface area contributed by atoms with E-state index in [-0.39, 0.29) is 12.1 Å². The van der Waals surface area contributed by atoms with Crippen LogP contribution in [0.4, 0.5) is 0 Å². The first-order valence-corrected chi connectivity index (χ1v) is 5.72. The van der Waals surface area contributed by atoms with Crippen molar-refractivity contribution >= 4 is 5.97 Å². The largest absolute Gasteiger partial charge is 0.462 e. The molecule has 1 aliphatic carbocycles. The molecule has 82 valence electrons. The van der Waals surface area contributed by atoms with E-state index in [1.807, 2.05) is 0 Å². The van der Waals surface area contributed by atoms with Crippen molar-refractivity contribution in [3.05, 3.63) is 0 Å². The van der Waals surface area contributed by atoms with Crippen LogP contribution in [0, 0.1) is 0 Å². The fraction of sp³-hybridized carbons (Fsp3) is 0.909. The molecule has 0 saturated heterocycles. The lowest BCUT2D eigenvalue weighted by atomic mass is 10.1. The van der Waals surface area contributed by atoms with Crippen molar-refractivity contribution in [3.63, 3.8) is 0 Å². The molecule has 1 fully saturated rings. The minimum Gasteiger partial charge on any atom is -0.462 e. The van der Waals surface area contributed by atoms with Gasteiger partial charge in [-0.2, -0.15) is 0 Å². The first-order chi connectivity index (χ1) is 6.83. The van der Waals surface area contributed by atoms with Gasteiger partial charge in [-0.15, -0.1) is 0 Å². The molecular weight excluding hydrogens is 178 g/mol. The van der Waals surface area contributed by atoms with E-state index in [1.54, 1.807) is 0 Å². The Hall–Kier alpha value is -0.570. The number of hydrogen-bond donors (Lipinski definition) is 1. The standard InChI is InChI=1S/C11H21NO2/c12-9-5-8-11(13)14-10-6-3-1-2-4-7-10/h10H,1-9,12H2. The second-order valence-corrected chi connectivity index (χ2v) is 4.00. The Morgan fingerprint density at radius 2 is 1.86 bits per heavy atom. The van der Waals surface area contributed by atoms with Crippen LogP contribution in [-0.2, 0) is 9.53 Å². The van der Waals surface area contributed by atoms with E-state index < -0.39 is 0 Å². The van der Waals surface area contributed by atoms with Crippen LogP contribution in [0.15, 0.2) is 0 Å². The molecule has 0 aliphatic heterocycles. The molecule has 0 heterocycles. The molecule has 14 heavy (non-hydrogen) atoms. The van der Waals surface area contributed by atoms with E-state index in [9.17, 15) is 4.79 Å². The number of carbonyl (C=O) groups excluding carboxylic acids is 1. The van der Waals surface area contributed by atoms with Crippen LogP contribution >= 0.6 is 0 Å². The summed E-state index contributed by atoms with van der Waals surface area (Å²) in [6.45, 7) is 0.569. The highest BCUT2D eigenvalue weighted by Crippen LogP contribution is 2.20. The molecule has 1 saturated carbocycles. The SMILES string of the molecule is NCCCC(=O)OC1CCCCCC1. The monoisotopic (exact) mass is 199 g/mol. The molecule has 0 atom stereocenters. The van der Waals surface area contributed by atoms with E-state index in [2.05, 4.69) is 0 Å². The normalized spacial score (nSPS) is 18.9. The fourth-order valence-corrected chi connectivity index (χ4v) is 1.85. The lowest BCUT2D eigenvalue weighted by molar-refractivity contribution is -0.149. The Labute approximate surface area is 86.0 Å².